The van der Waals surface area contributed by atoms with Crippen LogP contribution in [0.4, 0.5) is 28.7 Å². The van der Waals surface area contributed by atoms with E-state index in [4.69, 9.17) is 14.3 Å². The van der Waals surface area contributed by atoms with Crippen molar-refractivity contribution in [3.8, 4) is 5.75 Å². The molecule has 2 N–H and O–H groups in total. The number of hydrogen-bond acceptors (Lipinski definition) is 10. The molecule has 1 aromatic heterocycles. The van der Waals surface area contributed by atoms with Crippen LogP contribution in [-0.4, -0.2) is 79.9 Å². The van der Waals surface area contributed by atoms with Gasteiger partial charge in [0.25, 0.3) is 0 Å². The van der Waals surface area contributed by atoms with Gasteiger partial charge in [0.2, 0.25) is 5.91 Å². The molecule has 4 heterocycles. The van der Waals surface area contributed by atoms with Crippen molar-refractivity contribution >= 4 is 45.4 Å². The van der Waals surface area contributed by atoms with E-state index in [2.05, 4.69) is 79.4 Å². The van der Waals surface area contributed by atoms with Crippen molar-refractivity contribution in [3.05, 3.63) is 85.2 Å². The number of nitrogens with zero attached hydrogens (tertiary/aromatic N) is 5. The van der Waals surface area contributed by atoms with E-state index in [9.17, 15) is 4.79 Å². The molecule has 244 valence electrons. The molecule has 0 bridgehead atoms. The number of nitrogens with one attached hydrogen (secondary N) is 2. The normalized spacial score (nSPS) is 19.1. The molecule has 3 aliphatic heterocycles. The summed E-state index contributed by atoms with van der Waals surface area (Å²) in [7, 11) is 1.65. The SMILES string of the molecule is C=CC(=O)Nc1cc(Nc2cc(N3OCCC3c3ccc4ccccc4c3)ncn2)c(OC)cc1N1CCC(N2CCOCC2)CC1. The minimum absolute atomic E-state index is 0.0179. The number of piperidine rings is 1. The second-order valence-electron chi connectivity index (χ2n) is 12.1. The van der Waals surface area contributed by atoms with Crippen molar-refractivity contribution in [2.24, 2.45) is 0 Å². The van der Waals surface area contributed by atoms with Crippen molar-refractivity contribution in [2.45, 2.75) is 31.3 Å². The van der Waals surface area contributed by atoms with Gasteiger partial charge in [-0.1, -0.05) is 43.0 Å². The van der Waals surface area contributed by atoms with Crippen molar-refractivity contribution in [1.82, 2.24) is 14.9 Å². The molecule has 3 aromatic carbocycles. The average molecular weight is 636 g/mol. The zero-order chi connectivity index (χ0) is 32.2. The van der Waals surface area contributed by atoms with E-state index in [0.29, 0.717) is 41.4 Å². The summed E-state index contributed by atoms with van der Waals surface area (Å²) < 4.78 is 11.4. The number of hydroxylamine groups is 1. The number of aromatic nitrogens is 2. The van der Waals surface area contributed by atoms with E-state index in [-0.39, 0.29) is 11.9 Å². The van der Waals surface area contributed by atoms with Gasteiger partial charge in [-0.05, 0) is 47.4 Å². The smallest absolute Gasteiger partial charge is 0.247 e. The van der Waals surface area contributed by atoms with Gasteiger partial charge in [-0.2, -0.15) is 0 Å². The number of amides is 1. The lowest BCUT2D eigenvalue weighted by atomic mass is 10.0. The van der Waals surface area contributed by atoms with Gasteiger partial charge in [-0.15, -0.1) is 0 Å². The van der Waals surface area contributed by atoms with Crippen LogP contribution in [0.2, 0.25) is 0 Å². The molecular weight excluding hydrogens is 594 g/mol. The molecule has 0 spiro atoms. The molecule has 3 fully saturated rings. The number of fused-ring (bicyclic) bond motifs is 1. The molecule has 11 nitrogen and oxygen atoms in total. The molecule has 0 radical (unpaired) electrons. The quantitative estimate of drug-likeness (QED) is 0.223. The minimum Gasteiger partial charge on any atom is -0.494 e. The zero-order valence-electron chi connectivity index (χ0n) is 26.7. The number of ether oxygens (including phenoxy) is 2. The van der Waals surface area contributed by atoms with E-state index in [0.717, 1.165) is 64.3 Å². The van der Waals surface area contributed by atoms with Crippen LogP contribution in [0.5, 0.6) is 5.75 Å². The first-order valence-corrected chi connectivity index (χ1v) is 16.3. The fraction of sp³-hybridized carbons (Fsp3) is 0.361. The molecule has 1 unspecified atom stereocenters. The van der Waals surface area contributed by atoms with Crippen LogP contribution in [0.1, 0.15) is 30.9 Å². The van der Waals surface area contributed by atoms with Gasteiger partial charge in [-0.25, -0.2) is 15.0 Å². The number of morpholine rings is 1. The van der Waals surface area contributed by atoms with Crippen LogP contribution in [0.25, 0.3) is 10.8 Å². The molecule has 4 aromatic rings. The Bertz CT molecular complexity index is 1740. The van der Waals surface area contributed by atoms with Gasteiger partial charge >= 0.3 is 0 Å². The first kappa shape index (κ1) is 30.9. The first-order valence-electron chi connectivity index (χ1n) is 16.3. The Balaban J connectivity index is 1.12. The summed E-state index contributed by atoms with van der Waals surface area (Å²) in [4.78, 5) is 32.6. The van der Waals surface area contributed by atoms with Crippen LogP contribution in [0.3, 0.4) is 0 Å². The summed E-state index contributed by atoms with van der Waals surface area (Å²) in [6.45, 7) is 9.57. The molecule has 0 aliphatic carbocycles. The van der Waals surface area contributed by atoms with E-state index >= 15 is 0 Å². The summed E-state index contributed by atoms with van der Waals surface area (Å²) in [5, 5.41) is 10.7. The van der Waals surface area contributed by atoms with Crippen LogP contribution in [-0.2, 0) is 14.4 Å². The van der Waals surface area contributed by atoms with Crippen LogP contribution in [0.15, 0.2) is 79.6 Å². The van der Waals surface area contributed by atoms with E-state index < -0.39 is 0 Å². The number of benzene rings is 3. The Morgan fingerprint density at radius 3 is 2.53 bits per heavy atom. The highest BCUT2D eigenvalue weighted by molar-refractivity contribution is 6.02. The highest BCUT2D eigenvalue weighted by Crippen LogP contribution is 2.41. The maximum atomic E-state index is 12.6. The molecule has 7 rings (SSSR count). The highest BCUT2D eigenvalue weighted by atomic mass is 16.7. The maximum absolute atomic E-state index is 12.6. The lowest BCUT2D eigenvalue weighted by Gasteiger charge is -2.41. The van der Waals surface area contributed by atoms with Crippen LogP contribution < -0.4 is 25.3 Å². The second kappa shape index (κ2) is 14.0. The topological polar surface area (TPSA) is 104 Å². The average Bonchev–Trinajstić information content (AvgIpc) is 3.62. The fourth-order valence-electron chi connectivity index (χ4n) is 6.88. The van der Waals surface area contributed by atoms with Crippen LogP contribution in [0, 0.1) is 0 Å². The van der Waals surface area contributed by atoms with E-state index in [1.54, 1.807) is 7.11 Å². The Morgan fingerprint density at radius 1 is 0.936 bits per heavy atom. The lowest BCUT2D eigenvalue weighted by Crippen LogP contribution is -2.49. The standard InChI is InChI=1S/C36H41N7O4/c1-3-36(44)40-29-21-30(33(45-2)22-32(29)42-13-10-28(11-14-42)41-15-18-46-19-16-41)39-34-23-35(38-24-37-34)43-31(12-17-47-43)27-9-8-25-6-4-5-7-26(25)20-27/h3-9,20-24,28,31H,1,10-19H2,2H3,(H,40,44)(H,37,38,39). The van der Waals surface area contributed by atoms with Crippen molar-refractivity contribution < 1.29 is 19.1 Å². The number of anilines is 5. The maximum Gasteiger partial charge on any atom is 0.247 e. The first-order chi connectivity index (χ1) is 23.1. The number of hydrogen-bond donors (Lipinski definition) is 2. The van der Waals surface area contributed by atoms with Gasteiger partial charge in [0, 0.05) is 50.8 Å². The summed E-state index contributed by atoms with van der Waals surface area (Å²) in [6, 6.07) is 21.2. The summed E-state index contributed by atoms with van der Waals surface area (Å²) in [5.74, 6) is 1.58. The lowest BCUT2D eigenvalue weighted by molar-refractivity contribution is -0.111. The third kappa shape index (κ3) is 6.73. The Labute approximate surface area is 275 Å². The molecule has 3 saturated heterocycles. The predicted octanol–water partition coefficient (Wildman–Crippen LogP) is 5.69. The van der Waals surface area contributed by atoms with Crippen molar-refractivity contribution in [2.75, 3.05) is 73.7 Å². The minimum atomic E-state index is -0.277. The van der Waals surface area contributed by atoms with Gasteiger partial charge in [0.15, 0.2) is 5.82 Å². The number of methoxy groups -OCH3 is 1. The van der Waals surface area contributed by atoms with Crippen molar-refractivity contribution in [1.29, 1.82) is 0 Å². The summed E-state index contributed by atoms with van der Waals surface area (Å²) >= 11 is 0. The largest absolute Gasteiger partial charge is 0.494 e. The predicted molar refractivity (Wildman–Crippen MR) is 184 cm³/mol. The summed E-state index contributed by atoms with van der Waals surface area (Å²) in [6.07, 6.45) is 5.73. The molecule has 0 saturated carbocycles. The third-order valence-electron chi connectivity index (χ3n) is 9.33. The van der Waals surface area contributed by atoms with E-state index in [1.807, 2.05) is 23.3 Å². The Hall–Kier alpha value is -4.71. The third-order valence-corrected chi connectivity index (χ3v) is 9.33. The highest BCUT2D eigenvalue weighted by Gasteiger charge is 2.30. The van der Waals surface area contributed by atoms with Crippen molar-refractivity contribution in [3.63, 3.8) is 0 Å². The Morgan fingerprint density at radius 2 is 1.74 bits per heavy atom. The molecule has 11 heteroatoms. The van der Waals surface area contributed by atoms with E-state index in [1.165, 1.54) is 28.7 Å². The molecule has 1 amide bonds. The number of carbonyl (C=O) groups is 1. The van der Waals surface area contributed by atoms with Gasteiger partial charge in [0.1, 0.15) is 17.9 Å². The van der Waals surface area contributed by atoms with Gasteiger partial charge in [-0.3, -0.25) is 14.5 Å². The second-order valence-corrected chi connectivity index (χ2v) is 12.1. The van der Waals surface area contributed by atoms with Crippen LogP contribution >= 0.6 is 0 Å². The number of carbonyl (C=O) groups excluding carboxylic acids is 1. The molecular formula is C36H41N7O4. The zero-order valence-corrected chi connectivity index (χ0v) is 26.7. The molecule has 3 aliphatic rings. The van der Waals surface area contributed by atoms with Gasteiger partial charge < -0.3 is 25.0 Å². The summed E-state index contributed by atoms with van der Waals surface area (Å²) in [5.41, 5.74) is 3.42. The monoisotopic (exact) mass is 635 g/mol. The molecule has 1 atom stereocenters. The number of rotatable bonds is 9. The Kier molecular flexibility index (Phi) is 9.18. The molecule has 47 heavy (non-hydrogen) atoms. The van der Waals surface area contributed by atoms with Gasteiger partial charge in [0.05, 0.1) is 50.0 Å². The fourth-order valence-corrected chi connectivity index (χ4v) is 6.88.